The molecular formula is C14H16N4O. The molecule has 1 aromatic heterocycles. The number of nitrogens with zero attached hydrogens (tertiary/aromatic N) is 1. The highest BCUT2D eigenvalue weighted by Gasteiger charge is 2.16. The van der Waals surface area contributed by atoms with E-state index in [9.17, 15) is 4.79 Å². The Kier molecular flexibility index (Phi) is 3.05. The van der Waals surface area contributed by atoms with Gasteiger partial charge in [-0.3, -0.25) is 0 Å². The van der Waals surface area contributed by atoms with E-state index in [-0.39, 0.29) is 5.69 Å². The average Bonchev–Trinajstić information content (AvgIpc) is 2.41. The Hall–Kier alpha value is -2.14. The van der Waals surface area contributed by atoms with Gasteiger partial charge in [0.25, 0.3) is 0 Å². The fourth-order valence-corrected chi connectivity index (χ4v) is 2.34. The van der Waals surface area contributed by atoms with Gasteiger partial charge in [-0.15, -0.1) is 0 Å². The summed E-state index contributed by atoms with van der Waals surface area (Å²) in [5.74, 6) is 0.676. The molecule has 3 rings (SSSR count). The van der Waals surface area contributed by atoms with Gasteiger partial charge < -0.3 is 15.6 Å². The van der Waals surface area contributed by atoms with Crippen molar-refractivity contribution in [2.24, 2.45) is 0 Å². The minimum Gasteiger partial charge on any atom is -0.340 e. The van der Waals surface area contributed by atoms with Crippen molar-refractivity contribution in [3.63, 3.8) is 0 Å². The Bertz CT molecular complexity index is 663. The van der Waals surface area contributed by atoms with Crippen LogP contribution in [0.25, 0.3) is 0 Å². The molecule has 1 aromatic carbocycles. The predicted octanol–water partition coefficient (Wildman–Crippen LogP) is 1.47. The third-order valence-electron chi connectivity index (χ3n) is 3.37. The monoisotopic (exact) mass is 256 g/mol. The lowest BCUT2D eigenvalue weighted by molar-refractivity contribution is 0.621. The van der Waals surface area contributed by atoms with E-state index in [1.54, 1.807) is 0 Å². The lowest BCUT2D eigenvalue weighted by atomic mass is 10.1. The third kappa shape index (κ3) is 2.37. The van der Waals surface area contributed by atoms with Crippen molar-refractivity contribution in [3.8, 4) is 0 Å². The molecule has 0 saturated heterocycles. The van der Waals surface area contributed by atoms with Gasteiger partial charge in [-0.2, -0.15) is 4.98 Å². The second-order valence-electron chi connectivity index (χ2n) is 4.71. The number of para-hydroxylation sites is 1. The predicted molar refractivity (Wildman–Crippen MR) is 74.7 cm³/mol. The van der Waals surface area contributed by atoms with E-state index in [1.807, 2.05) is 31.2 Å². The maximum atomic E-state index is 11.6. The summed E-state index contributed by atoms with van der Waals surface area (Å²) in [6.45, 7) is 3.63. The molecule has 0 fully saturated rings. The van der Waals surface area contributed by atoms with Crippen LogP contribution in [0.1, 0.15) is 16.8 Å². The largest absolute Gasteiger partial charge is 0.347 e. The number of aromatic nitrogens is 2. The highest BCUT2D eigenvalue weighted by Crippen LogP contribution is 2.23. The normalized spacial score (nSPS) is 13.9. The lowest BCUT2D eigenvalue weighted by Crippen LogP contribution is -2.29. The maximum absolute atomic E-state index is 11.6. The molecule has 1 aliphatic heterocycles. The summed E-state index contributed by atoms with van der Waals surface area (Å²) < 4.78 is 0. The van der Waals surface area contributed by atoms with Crippen molar-refractivity contribution < 1.29 is 0 Å². The number of nitrogens with one attached hydrogen (secondary N) is 3. The first-order chi connectivity index (χ1) is 9.24. The fraction of sp³-hybridized carbons (Fsp3) is 0.286. The van der Waals surface area contributed by atoms with Gasteiger partial charge in [0.15, 0.2) is 0 Å². The first kappa shape index (κ1) is 11.9. The Morgan fingerprint density at radius 2 is 2.16 bits per heavy atom. The smallest absolute Gasteiger partial charge is 0.340 e. The van der Waals surface area contributed by atoms with Gasteiger partial charge in [0, 0.05) is 23.5 Å². The van der Waals surface area contributed by atoms with Crippen LogP contribution in [0.15, 0.2) is 29.1 Å². The van der Waals surface area contributed by atoms with Gasteiger partial charge in [0.1, 0.15) is 5.82 Å². The molecular weight excluding hydrogens is 240 g/mol. The van der Waals surface area contributed by atoms with Gasteiger partial charge in [0.2, 0.25) is 0 Å². The number of anilines is 2. The zero-order valence-corrected chi connectivity index (χ0v) is 10.8. The minimum absolute atomic E-state index is 0.307. The summed E-state index contributed by atoms with van der Waals surface area (Å²) in [5.41, 5.74) is 3.84. The average molecular weight is 256 g/mol. The Morgan fingerprint density at radius 3 is 3.00 bits per heavy atom. The summed E-state index contributed by atoms with van der Waals surface area (Å²) in [5, 5.41) is 6.53. The Labute approximate surface area is 111 Å². The van der Waals surface area contributed by atoms with Crippen LogP contribution < -0.4 is 16.3 Å². The summed E-state index contributed by atoms with van der Waals surface area (Å²) in [4.78, 5) is 18.5. The molecule has 0 bridgehead atoms. The minimum atomic E-state index is -0.307. The highest BCUT2D eigenvalue weighted by molar-refractivity contribution is 5.63. The molecule has 2 aromatic rings. The Morgan fingerprint density at radius 1 is 1.32 bits per heavy atom. The number of H-pyrrole nitrogens is 1. The number of hydrogen-bond acceptors (Lipinski definition) is 4. The van der Waals surface area contributed by atoms with Gasteiger partial charge >= 0.3 is 5.69 Å². The molecule has 5 nitrogen and oxygen atoms in total. The van der Waals surface area contributed by atoms with E-state index in [2.05, 4.69) is 20.6 Å². The van der Waals surface area contributed by atoms with E-state index < -0.39 is 0 Å². The topological polar surface area (TPSA) is 69.8 Å². The quantitative estimate of drug-likeness (QED) is 0.761. The van der Waals surface area contributed by atoms with Gasteiger partial charge in [-0.05, 0) is 31.5 Å². The van der Waals surface area contributed by atoms with E-state index in [0.29, 0.717) is 12.4 Å². The van der Waals surface area contributed by atoms with Crippen LogP contribution in [0.3, 0.4) is 0 Å². The molecule has 19 heavy (non-hydrogen) atoms. The molecule has 0 spiro atoms. The maximum Gasteiger partial charge on any atom is 0.347 e. The number of aryl methyl sites for hydroxylation is 1. The summed E-state index contributed by atoms with van der Waals surface area (Å²) >= 11 is 0. The zero-order chi connectivity index (χ0) is 13.2. The van der Waals surface area contributed by atoms with Gasteiger partial charge in [-0.25, -0.2) is 4.79 Å². The van der Waals surface area contributed by atoms with Crippen LogP contribution in [0.5, 0.6) is 0 Å². The Balaban J connectivity index is 2.03. The first-order valence-corrected chi connectivity index (χ1v) is 6.39. The van der Waals surface area contributed by atoms with Crippen LogP contribution in [-0.4, -0.2) is 16.5 Å². The second kappa shape index (κ2) is 4.85. The van der Waals surface area contributed by atoms with E-state index in [0.717, 1.165) is 35.5 Å². The molecule has 2 heterocycles. The molecule has 0 saturated carbocycles. The number of aromatic amines is 1. The van der Waals surface area contributed by atoms with E-state index >= 15 is 0 Å². The van der Waals surface area contributed by atoms with Crippen molar-refractivity contribution in [1.29, 1.82) is 0 Å². The van der Waals surface area contributed by atoms with Crippen LogP contribution in [0.4, 0.5) is 11.5 Å². The van der Waals surface area contributed by atoms with Crippen LogP contribution in [0.2, 0.25) is 0 Å². The van der Waals surface area contributed by atoms with Crippen molar-refractivity contribution in [3.05, 3.63) is 51.6 Å². The van der Waals surface area contributed by atoms with Crippen LogP contribution >= 0.6 is 0 Å². The van der Waals surface area contributed by atoms with Crippen LogP contribution in [0, 0.1) is 6.92 Å². The SMILES string of the molecule is Cc1ccccc1Nc1nc(=O)[nH]c2c1CCNC2. The van der Waals surface area contributed by atoms with Crippen molar-refractivity contribution in [1.82, 2.24) is 15.3 Å². The molecule has 98 valence electrons. The molecule has 5 heteroatoms. The fourth-order valence-electron chi connectivity index (χ4n) is 2.34. The lowest BCUT2D eigenvalue weighted by Gasteiger charge is -2.20. The zero-order valence-electron chi connectivity index (χ0n) is 10.8. The number of rotatable bonds is 2. The van der Waals surface area contributed by atoms with Crippen molar-refractivity contribution in [2.75, 3.05) is 11.9 Å². The summed E-state index contributed by atoms with van der Waals surface area (Å²) in [6, 6.07) is 7.98. The molecule has 0 radical (unpaired) electrons. The molecule has 0 atom stereocenters. The molecule has 1 aliphatic rings. The first-order valence-electron chi connectivity index (χ1n) is 6.39. The molecule has 0 unspecified atom stereocenters. The number of benzene rings is 1. The second-order valence-corrected chi connectivity index (χ2v) is 4.71. The molecule has 0 aliphatic carbocycles. The van der Waals surface area contributed by atoms with E-state index in [4.69, 9.17) is 0 Å². The number of hydrogen-bond donors (Lipinski definition) is 3. The summed E-state index contributed by atoms with van der Waals surface area (Å²) in [7, 11) is 0. The third-order valence-corrected chi connectivity index (χ3v) is 3.37. The molecule has 0 amide bonds. The van der Waals surface area contributed by atoms with Crippen molar-refractivity contribution in [2.45, 2.75) is 19.9 Å². The van der Waals surface area contributed by atoms with Crippen molar-refractivity contribution >= 4 is 11.5 Å². The summed E-state index contributed by atoms with van der Waals surface area (Å²) in [6.07, 6.45) is 0.868. The number of fused-ring (bicyclic) bond motifs is 1. The standard InChI is InChI=1S/C14H16N4O/c1-9-4-2-3-5-11(9)16-13-10-6-7-15-8-12(10)17-14(19)18-13/h2-5,15H,6-8H2,1H3,(H2,16,17,18,19). The van der Waals surface area contributed by atoms with E-state index in [1.165, 1.54) is 0 Å². The molecule has 3 N–H and O–H groups in total. The van der Waals surface area contributed by atoms with Gasteiger partial charge in [0.05, 0.1) is 0 Å². The van der Waals surface area contributed by atoms with Crippen LogP contribution in [-0.2, 0) is 13.0 Å². The highest BCUT2D eigenvalue weighted by atomic mass is 16.1. The van der Waals surface area contributed by atoms with Gasteiger partial charge in [-0.1, -0.05) is 18.2 Å².